The van der Waals surface area contributed by atoms with Gasteiger partial charge in [0.05, 0.1) is 6.54 Å². The summed E-state index contributed by atoms with van der Waals surface area (Å²) < 4.78 is 0. The Kier molecular flexibility index (Phi) is 7.08. The molecule has 0 radical (unpaired) electrons. The quantitative estimate of drug-likeness (QED) is 0.325. The number of aromatic nitrogens is 2. The van der Waals surface area contributed by atoms with Gasteiger partial charge in [-0.05, 0) is 74.8 Å². The fourth-order valence-electron chi connectivity index (χ4n) is 3.07. The van der Waals surface area contributed by atoms with Crippen molar-refractivity contribution in [2.24, 2.45) is 4.99 Å². The van der Waals surface area contributed by atoms with Crippen LogP contribution in [-0.4, -0.2) is 21.0 Å². The second kappa shape index (κ2) is 9.93. The van der Waals surface area contributed by atoms with E-state index in [-0.39, 0.29) is 0 Å². The van der Waals surface area contributed by atoms with Gasteiger partial charge in [0, 0.05) is 17.1 Å². The van der Waals surface area contributed by atoms with E-state index in [1.807, 2.05) is 62.4 Å². The van der Waals surface area contributed by atoms with Crippen molar-refractivity contribution in [3.05, 3.63) is 82.7 Å². The highest BCUT2D eigenvalue weighted by Crippen LogP contribution is 2.13. The Bertz CT molecular complexity index is 1020. The number of nitrogens with zero attached hydrogens (tertiary/aromatic N) is 3. The predicted molar refractivity (Wildman–Crippen MR) is 128 cm³/mol. The minimum atomic E-state index is 0.434. The maximum absolute atomic E-state index is 5.51. The predicted octanol–water partition coefficient (Wildman–Crippen LogP) is 4.66. The van der Waals surface area contributed by atoms with Gasteiger partial charge in [-0.15, -0.1) is 0 Å². The smallest absolute Gasteiger partial charge is 0.229 e. The summed E-state index contributed by atoms with van der Waals surface area (Å²) in [6.07, 6.45) is 0. The number of thiocarbonyl (C=S) groups is 1. The second-order valence-corrected chi connectivity index (χ2v) is 7.61. The molecule has 0 aliphatic rings. The van der Waals surface area contributed by atoms with Crippen LogP contribution in [0.2, 0.25) is 0 Å². The van der Waals surface area contributed by atoms with Crippen molar-refractivity contribution in [1.29, 1.82) is 0 Å². The first kappa shape index (κ1) is 21.4. The van der Waals surface area contributed by atoms with E-state index in [1.165, 1.54) is 11.1 Å². The fourth-order valence-corrected chi connectivity index (χ4v) is 3.28. The zero-order chi connectivity index (χ0) is 21.5. The number of benzene rings is 2. The van der Waals surface area contributed by atoms with Gasteiger partial charge in [0.1, 0.15) is 0 Å². The van der Waals surface area contributed by atoms with Crippen molar-refractivity contribution in [2.75, 3.05) is 10.6 Å². The van der Waals surface area contributed by atoms with Crippen LogP contribution in [-0.2, 0) is 6.54 Å². The lowest BCUT2D eigenvalue weighted by Gasteiger charge is -2.15. The van der Waals surface area contributed by atoms with Crippen LogP contribution in [0.1, 0.15) is 28.1 Å². The molecule has 0 fully saturated rings. The van der Waals surface area contributed by atoms with E-state index in [0.717, 1.165) is 22.6 Å². The maximum atomic E-state index is 5.51. The molecule has 2 aromatic carbocycles. The lowest BCUT2D eigenvalue weighted by Crippen LogP contribution is -2.39. The summed E-state index contributed by atoms with van der Waals surface area (Å²) in [5, 5.41) is 9.95. The lowest BCUT2D eigenvalue weighted by atomic mass is 10.1. The molecular formula is C23H26N6S. The molecule has 0 aliphatic carbocycles. The van der Waals surface area contributed by atoms with Crippen molar-refractivity contribution >= 4 is 34.9 Å². The van der Waals surface area contributed by atoms with Gasteiger partial charge in [-0.2, -0.15) is 0 Å². The first-order valence-corrected chi connectivity index (χ1v) is 10.1. The summed E-state index contributed by atoms with van der Waals surface area (Å²) in [5.74, 6) is 0.951. The molecule has 3 aromatic rings. The van der Waals surface area contributed by atoms with E-state index < -0.39 is 0 Å². The Morgan fingerprint density at radius 1 is 0.867 bits per heavy atom. The zero-order valence-electron chi connectivity index (χ0n) is 17.7. The molecule has 0 amide bonds. The number of anilines is 2. The van der Waals surface area contributed by atoms with E-state index in [2.05, 4.69) is 50.8 Å². The summed E-state index contributed by atoms with van der Waals surface area (Å²) in [6, 6.07) is 18.1. The molecule has 0 saturated heterocycles. The third-order valence-electron chi connectivity index (χ3n) is 4.19. The van der Waals surface area contributed by atoms with Gasteiger partial charge < -0.3 is 10.6 Å². The van der Waals surface area contributed by atoms with Gasteiger partial charge in [-0.25, -0.2) is 15.0 Å². The standard InChI is InChI=1S/C23H26N6S/c1-15-10-16(2)12-20(11-15)27-23(30)29-21(24-14-19-8-6-5-7-9-19)28-22-25-17(3)13-18(4)26-22/h5-13H,14H2,1-4H3,(H3,24,25,26,27,28,29,30). The number of nitrogens with one attached hydrogen (secondary N) is 3. The molecule has 1 aromatic heterocycles. The molecule has 3 rings (SSSR count). The highest BCUT2D eigenvalue weighted by atomic mass is 32.1. The molecule has 0 atom stereocenters. The van der Waals surface area contributed by atoms with Crippen molar-refractivity contribution in [3.8, 4) is 0 Å². The van der Waals surface area contributed by atoms with E-state index in [4.69, 9.17) is 12.2 Å². The number of rotatable bonds is 4. The van der Waals surface area contributed by atoms with Crippen molar-refractivity contribution in [2.45, 2.75) is 34.2 Å². The van der Waals surface area contributed by atoms with Crippen LogP contribution in [0.5, 0.6) is 0 Å². The van der Waals surface area contributed by atoms with Gasteiger partial charge in [-0.1, -0.05) is 36.4 Å². The molecular weight excluding hydrogens is 392 g/mol. The summed E-state index contributed by atoms with van der Waals surface area (Å²) in [7, 11) is 0. The van der Waals surface area contributed by atoms with E-state index in [9.17, 15) is 0 Å². The van der Waals surface area contributed by atoms with Gasteiger partial charge >= 0.3 is 0 Å². The summed E-state index contributed by atoms with van der Waals surface area (Å²) in [4.78, 5) is 13.5. The minimum Gasteiger partial charge on any atom is -0.332 e. The van der Waals surface area contributed by atoms with Crippen molar-refractivity contribution in [3.63, 3.8) is 0 Å². The fraction of sp³-hybridized carbons (Fsp3) is 0.217. The van der Waals surface area contributed by atoms with Crippen LogP contribution >= 0.6 is 12.2 Å². The molecule has 0 spiro atoms. The van der Waals surface area contributed by atoms with E-state index in [1.54, 1.807) is 0 Å². The average Bonchev–Trinajstić information content (AvgIpc) is 2.65. The highest BCUT2D eigenvalue weighted by Gasteiger charge is 2.08. The Labute approximate surface area is 182 Å². The molecule has 6 nitrogen and oxygen atoms in total. The molecule has 3 N–H and O–H groups in total. The van der Waals surface area contributed by atoms with Crippen molar-refractivity contribution < 1.29 is 0 Å². The SMILES string of the molecule is Cc1cc(C)cc(NC(=S)NC(=NCc2ccccc2)Nc2nc(C)cc(C)n2)c1. The normalized spacial score (nSPS) is 11.1. The van der Waals surface area contributed by atoms with Gasteiger partial charge in [0.25, 0.3) is 0 Å². The molecule has 0 saturated carbocycles. The van der Waals surface area contributed by atoms with Crippen LogP contribution in [0.4, 0.5) is 11.6 Å². The molecule has 0 bridgehead atoms. The minimum absolute atomic E-state index is 0.434. The number of hydrogen-bond acceptors (Lipinski definition) is 4. The summed E-state index contributed by atoms with van der Waals surface area (Å²) in [6.45, 7) is 8.47. The van der Waals surface area contributed by atoms with Crippen LogP contribution < -0.4 is 16.0 Å². The Balaban J connectivity index is 1.78. The van der Waals surface area contributed by atoms with Gasteiger partial charge in [0.2, 0.25) is 11.9 Å². The zero-order valence-corrected chi connectivity index (χ0v) is 18.5. The first-order valence-electron chi connectivity index (χ1n) is 9.71. The maximum Gasteiger partial charge on any atom is 0.229 e. The Morgan fingerprint density at radius 2 is 1.50 bits per heavy atom. The molecule has 0 aliphatic heterocycles. The van der Waals surface area contributed by atoms with E-state index in [0.29, 0.717) is 23.6 Å². The lowest BCUT2D eigenvalue weighted by molar-refractivity contribution is 1.03. The number of hydrogen-bond donors (Lipinski definition) is 3. The number of aryl methyl sites for hydroxylation is 4. The highest BCUT2D eigenvalue weighted by molar-refractivity contribution is 7.80. The van der Waals surface area contributed by atoms with Crippen LogP contribution in [0.15, 0.2) is 59.6 Å². The third-order valence-corrected chi connectivity index (χ3v) is 4.39. The molecule has 1 heterocycles. The molecule has 7 heteroatoms. The molecule has 0 unspecified atom stereocenters. The van der Waals surface area contributed by atoms with Gasteiger partial charge in [-0.3, -0.25) is 5.32 Å². The topological polar surface area (TPSA) is 74.2 Å². The van der Waals surface area contributed by atoms with Crippen molar-refractivity contribution in [1.82, 2.24) is 15.3 Å². The Morgan fingerprint density at radius 3 is 2.13 bits per heavy atom. The van der Waals surface area contributed by atoms with Crippen LogP contribution in [0, 0.1) is 27.7 Å². The van der Waals surface area contributed by atoms with Crippen LogP contribution in [0.25, 0.3) is 0 Å². The largest absolute Gasteiger partial charge is 0.332 e. The molecule has 154 valence electrons. The summed E-state index contributed by atoms with van der Waals surface area (Å²) >= 11 is 5.51. The number of aliphatic imine (C=N–C) groups is 1. The number of guanidine groups is 1. The monoisotopic (exact) mass is 418 g/mol. The average molecular weight is 419 g/mol. The summed E-state index contributed by atoms with van der Waals surface area (Å²) in [5.41, 5.74) is 6.11. The van der Waals surface area contributed by atoms with E-state index >= 15 is 0 Å². The third kappa shape index (κ3) is 6.63. The van der Waals surface area contributed by atoms with Gasteiger partial charge in [0.15, 0.2) is 5.11 Å². The molecule has 30 heavy (non-hydrogen) atoms. The second-order valence-electron chi connectivity index (χ2n) is 7.21. The Hall–Kier alpha value is -3.32. The first-order chi connectivity index (χ1) is 14.4. The van der Waals surface area contributed by atoms with Crippen LogP contribution in [0.3, 0.4) is 0 Å².